The molecule has 2 N–H and O–H groups in total. The molecule has 0 bridgehead atoms. The predicted molar refractivity (Wildman–Crippen MR) is 62.2 cm³/mol. The summed E-state index contributed by atoms with van der Waals surface area (Å²) >= 11 is 0. The topological polar surface area (TPSA) is 50.4 Å². The predicted octanol–water partition coefficient (Wildman–Crippen LogP) is 0.670. The first-order chi connectivity index (χ1) is 7.75. The number of ether oxygens (including phenoxy) is 1. The fraction of sp³-hybridized carbons (Fsp3) is 0.917. The Balaban J connectivity index is 1.61. The third-order valence-corrected chi connectivity index (χ3v) is 3.28. The van der Waals surface area contributed by atoms with E-state index < -0.39 is 0 Å². The van der Waals surface area contributed by atoms with Crippen LogP contribution in [0, 0.1) is 5.92 Å². The normalized spacial score (nSPS) is 27.4. The molecule has 16 heavy (non-hydrogen) atoms. The average Bonchev–Trinajstić information content (AvgIpc) is 3.11. The van der Waals surface area contributed by atoms with Crippen LogP contribution in [0.1, 0.15) is 32.6 Å². The highest BCUT2D eigenvalue weighted by molar-refractivity contribution is 5.81. The molecule has 2 fully saturated rings. The molecule has 2 aliphatic rings. The van der Waals surface area contributed by atoms with E-state index in [1.54, 1.807) is 0 Å². The zero-order chi connectivity index (χ0) is 11.4. The van der Waals surface area contributed by atoms with Crippen LogP contribution in [0.15, 0.2) is 0 Å². The number of rotatable bonds is 5. The Labute approximate surface area is 97.1 Å². The van der Waals surface area contributed by atoms with Gasteiger partial charge in [0.15, 0.2) is 0 Å². The van der Waals surface area contributed by atoms with Gasteiger partial charge in [-0.05, 0) is 38.5 Å². The van der Waals surface area contributed by atoms with Gasteiger partial charge in [0.2, 0.25) is 5.91 Å². The molecule has 1 aliphatic heterocycles. The van der Waals surface area contributed by atoms with E-state index in [2.05, 4.69) is 10.6 Å². The molecule has 1 saturated carbocycles. The average molecular weight is 226 g/mol. The SMILES string of the molecule is CC(NCC1CCCOC1)C(=O)NC1CC1. The van der Waals surface area contributed by atoms with E-state index in [0.29, 0.717) is 12.0 Å². The molecule has 2 rings (SSSR count). The molecule has 92 valence electrons. The molecular weight excluding hydrogens is 204 g/mol. The van der Waals surface area contributed by atoms with Crippen LogP contribution >= 0.6 is 0 Å². The lowest BCUT2D eigenvalue weighted by atomic mass is 10.0. The van der Waals surface area contributed by atoms with Gasteiger partial charge in [0.1, 0.15) is 0 Å². The molecule has 4 nitrogen and oxygen atoms in total. The summed E-state index contributed by atoms with van der Waals surface area (Å²) in [5.41, 5.74) is 0. The number of hydrogen-bond acceptors (Lipinski definition) is 3. The molecule has 2 atom stereocenters. The summed E-state index contributed by atoms with van der Waals surface area (Å²) < 4.78 is 5.41. The van der Waals surface area contributed by atoms with Gasteiger partial charge in [0.05, 0.1) is 12.6 Å². The van der Waals surface area contributed by atoms with Crippen LogP contribution in [0.25, 0.3) is 0 Å². The van der Waals surface area contributed by atoms with Gasteiger partial charge in [0, 0.05) is 19.2 Å². The van der Waals surface area contributed by atoms with Crippen LogP contribution in [0.5, 0.6) is 0 Å². The maximum atomic E-state index is 11.7. The fourth-order valence-electron chi connectivity index (χ4n) is 1.96. The second-order valence-electron chi connectivity index (χ2n) is 5.00. The molecule has 4 heteroatoms. The maximum absolute atomic E-state index is 11.7. The van der Waals surface area contributed by atoms with Crippen LogP contribution in [-0.2, 0) is 9.53 Å². The van der Waals surface area contributed by atoms with E-state index >= 15 is 0 Å². The lowest BCUT2D eigenvalue weighted by molar-refractivity contribution is -0.123. The Morgan fingerprint density at radius 2 is 2.25 bits per heavy atom. The molecule has 1 amide bonds. The first-order valence-electron chi connectivity index (χ1n) is 6.37. The molecule has 2 unspecified atom stereocenters. The molecule has 1 aliphatic carbocycles. The van der Waals surface area contributed by atoms with E-state index in [1.165, 1.54) is 6.42 Å². The minimum absolute atomic E-state index is 0.0810. The van der Waals surface area contributed by atoms with Crippen molar-refractivity contribution in [3.8, 4) is 0 Å². The Hall–Kier alpha value is -0.610. The highest BCUT2D eigenvalue weighted by Crippen LogP contribution is 2.18. The molecule has 1 saturated heterocycles. The summed E-state index contributed by atoms with van der Waals surface area (Å²) in [5.74, 6) is 0.712. The second kappa shape index (κ2) is 5.64. The molecule has 0 aromatic heterocycles. The van der Waals surface area contributed by atoms with Crippen molar-refractivity contribution in [2.45, 2.75) is 44.7 Å². The van der Waals surface area contributed by atoms with Crippen molar-refractivity contribution in [1.29, 1.82) is 0 Å². The third-order valence-electron chi connectivity index (χ3n) is 3.28. The maximum Gasteiger partial charge on any atom is 0.237 e. The highest BCUT2D eigenvalue weighted by atomic mass is 16.5. The number of amides is 1. The van der Waals surface area contributed by atoms with E-state index in [0.717, 1.165) is 39.0 Å². The van der Waals surface area contributed by atoms with Crippen molar-refractivity contribution in [2.24, 2.45) is 5.92 Å². The van der Waals surface area contributed by atoms with Crippen molar-refractivity contribution in [3.63, 3.8) is 0 Å². The molecule has 0 aromatic rings. The lowest BCUT2D eigenvalue weighted by Gasteiger charge is -2.24. The van der Waals surface area contributed by atoms with Crippen molar-refractivity contribution in [1.82, 2.24) is 10.6 Å². The summed E-state index contributed by atoms with van der Waals surface area (Å²) in [6.07, 6.45) is 4.66. The smallest absolute Gasteiger partial charge is 0.237 e. The molecule has 1 heterocycles. The van der Waals surface area contributed by atoms with Crippen molar-refractivity contribution in [2.75, 3.05) is 19.8 Å². The van der Waals surface area contributed by atoms with Crippen molar-refractivity contribution < 1.29 is 9.53 Å². The monoisotopic (exact) mass is 226 g/mol. The zero-order valence-corrected chi connectivity index (χ0v) is 10.00. The number of nitrogens with one attached hydrogen (secondary N) is 2. The first-order valence-corrected chi connectivity index (χ1v) is 6.37. The minimum Gasteiger partial charge on any atom is -0.381 e. The fourth-order valence-corrected chi connectivity index (χ4v) is 1.96. The van der Waals surface area contributed by atoms with Gasteiger partial charge in [-0.3, -0.25) is 4.79 Å². The first kappa shape index (κ1) is 11.9. The number of carbonyl (C=O) groups excluding carboxylic acids is 1. The standard InChI is InChI=1S/C12H22N2O2/c1-9(12(15)14-11-4-5-11)13-7-10-3-2-6-16-8-10/h9-11,13H,2-8H2,1H3,(H,14,15). The summed E-state index contributed by atoms with van der Waals surface area (Å²) in [6.45, 7) is 4.55. The van der Waals surface area contributed by atoms with Crippen LogP contribution < -0.4 is 10.6 Å². The van der Waals surface area contributed by atoms with Gasteiger partial charge < -0.3 is 15.4 Å². The molecule has 0 radical (unpaired) electrons. The van der Waals surface area contributed by atoms with Crippen molar-refractivity contribution in [3.05, 3.63) is 0 Å². The van der Waals surface area contributed by atoms with Gasteiger partial charge in [-0.25, -0.2) is 0 Å². The molecular formula is C12H22N2O2. The minimum atomic E-state index is -0.0810. The van der Waals surface area contributed by atoms with E-state index in [-0.39, 0.29) is 11.9 Å². The Kier molecular flexibility index (Phi) is 4.18. The Bertz CT molecular complexity index is 235. The van der Waals surface area contributed by atoms with Gasteiger partial charge in [-0.2, -0.15) is 0 Å². The van der Waals surface area contributed by atoms with Crippen LogP contribution in [0.4, 0.5) is 0 Å². The highest BCUT2D eigenvalue weighted by Gasteiger charge is 2.25. The van der Waals surface area contributed by atoms with Crippen LogP contribution in [-0.4, -0.2) is 37.7 Å². The Morgan fingerprint density at radius 3 is 2.88 bits per heavy atom. The van der Waals surface area contributed by atoms with Gasteiger partial charge in [-0.1, -0.05) is 0 Å². The molecule has 0 aromatic carbocycles. The van der Waals surface area contributed by atoms with E-state index in [1.807, 2.05) is 6.92 Å². The van der Waals surface area contributed by atoms with E-state index in [9.17, 15) is 4.79 Å². The number of carbonyl (C=O) groups is 1. The van der Waals surface area contributed by atoms with Gasteiger partial charge in [-0.15, -0.1) is 0 Å². The van der Waals surface area contributed by atoms with Crippen molar-refractivity contribution >= 4 is 5.91 Å². The van der Waals surface area contributed by atoms with Crippen LogP contribution in [0.3, 0.4) is 0 Å². The quantitative estimate of drug-likeness (QED) is 0.724. The summed E-state index contributed by atoms with van der Waals surface area (Å²) in [7, 11) is 0. The third kappa shape index (κ3) is 3.76. The van der Waals surface area contributed by atoms with Gasteiger partial charge >= 0.3 is 0 Å². The summed E-state index contributed by atoms with van der Waals surface area (Å²) in [4.78, 5) is 11.7. The zero-order valence-electron chi connectivity index (χ0n) is 10.00. The van der Waals surface area contributed by atoms with E-state index in [4.69, 9.17) is 4.74 Å². The summed E-state index contributed by atoms with van der Waals surface area (Å²) in [5, 5.41) is 6.30. The van der Waals surface area contributed by atoms with Gasteiger partial charge in [0.25, 0.3) is 0 Å². The Morgan fingerprint density at radius 1 is 1.44 bits per heavy atom. The second-order valence-corrected chi connectivity index (χ2v) is 5.00. The number of hydrogen-bond donors (Lipinski definition) is 2. The van der Waals surface area contributed by atoms with Crippen LogP contribution in [0.2, 0.25) is 0 Å². The summed E-state index contributed by atoms with van der Waals surface area (Å²) in [6, 6.07) is 0.372. The lowest BCUT2D eigenvalue weighted by Crippen LogP contribution is -2.45. The largest absolute Gasteiger partial charge is 0.381 e. The molecule has 0 spiro atoms.